The van der Waals surface area contributed by atoms with E-state index in [0.717, 1.165) is 5.56 Å². The molecule has 0 saturated heterocycles. The van der Waals surface area contributed by atoms with Crippen molar-refractivity contribution in [2.75, 3.05) is 0 Å². The summed E-state index contributed by atoms with van der Waals surface area (Å²) in [7, 11) is 0. The molecule has 1 unspecified atom stereocenters. The van der Waals surface area contributed by atoms with Crippen LogP contribution in [0.4, 0.5) is 8.78 Å². The minimum atomic E-state index is -0.885. The van der Waals surface area contributed by atoms with Crippen LogP contribution in [0.1, 0.15) is 28.3 Å². The molecule has 2 rings (SSSR count). The predicted octanol–water partition coefficient (Wildman–Crippen LogP) is 2.53. The third-order valence-corrected chi connectivity index (χ3v) is 3.01. The second kappa shape index (κ2) is 5.42. The number of hydrogen-bond acceptors (Lipinski definition) is 3. The first-order valence-electron chi connectivity index (χ1n) is 5.86. The zero-order valence-corrected chi connectivity index (χ0v) is 10.7. The summed E-state index contributed by atoms with van der Waals surface area (Å²) >= 11 is 0. The molecule has 5 heteroatoms. The maximum absolute atomic E-state index is 14.0. The second-order valence-electron chi connectivity index (χ2n) is 4.49. The highest BCUT2D eigenvalue weighted by molar-refractivity contribution is 5.35. The normalized spacial score (nSPS) is 12.5. The average molecular weight is 263 g/mol. The highest BCUT2D eigenvalue weighted by Crippen LogP contribution is 2.26. The maximum atomic E-state index is 14.0. The zero-order valence-electron chi connectivity index (χ0n) is 10.7. The standard InChI is InChI=1S/C14H15F2N3/c1-8-5-10(7-18-6-8)14(19-17)11-4-3-9(2)12(15)13(11)16/h3-7,14,19H,17H2,1-2H3. The minimum Gasteiger partial charge on any atom is -0.271 e. The number of hydrogen-bond donors (Lipinski definition) is 2. The van der Waals surface area contributed by atoms with E-state index in [1.165, 1.54) is 19.1 Å². The van der Waals surface area contributed by atoms with Crippen LogP contribution < -0.4 is 11.3 Å². The third-order valence-electron chi connectivity index (χ3n) is 3.01. The molecule has 0 spiro atoms. The van der Waals surface area contributed by atoms with E-state index in [9.17, 15) is 8.78 Å². The third kappa shape index (κ3) is 2.62. The Balaban J connectivity index is 2.51. The number of halogens is 2. The predicted molar refractivity (Wildman–Crippen MR) is 69.2 cm³/mol. The van der Waals surface area contributed by atoms with Crippen molar-refractivity contribution in [2.24, 2.45) is 5.84 Å². The van der Waals surface area contributed by atoms with Gasteiger partial charge in [0.25, 0.3) is 0 Å². The fourth-order valence-corrected chi connectivity index (χ4v) is 1.99. The lowest BCUT2D eigenvalue weighted by Gasteiger charge is -2.18. The van der Waals surface area contributed by atoms with Crippen molar-refractivity contribution in [1.82, 2.24) is 10.4 Å². The fraction of sp³-hybridized carbons (Fsp3) is 0.214. The molecule has 0 bridgehead atoms. The van der Waals surface area contributed by atoms with Gasteiger partial charge >= 0.3 is 0 Å². The number of nitrogens with one attached hydrogen (secondary N) is 1. The van der Waals surface area contributed by atoms with Crippen LogP contribution >= 0.6 is 0 Å². The molecule has 0 aliphatic carbocycles. The number of pyridine rings is 1. The molecule has 0 amide bonds. The van der Waals surface area contributed by atoms with Gasteiger partial charge < -0.3 is 0 Å². The molecule has 19 heavy (non-hydrogen) atoms. The Morgan fingerprint density at radius 2 is 1.89 bits per heavy atom. The Labute approximate surface area is 110 Å². The summed E-state index contributed by atoms with van der Waals surface area (Å²) < 4.78 is 27.6. The van der Waals surface area contributed by atoms with Crippen LogP contribution in [-0.4, -0.2) is 4.98 Å². The van der Waals surface area contributed by atoms with Crippen LogP contribution in [0.3, 0.4) is 0 Å². The van der Waals surface area contributed by atoms with Gasteiger partial charge in [-0.25, -0.2) is 14.2 Å². The molecule has 0 saturated carbocycles. The molecule has 3 N–H and O–H groups in total. The molecule has 1 aromatic carbocycles. The smallest absolute Gasteiger partial charge is 0.164 e. The van der Waals surface area contributed by atoms with E-state index in [4.69, 9.17) is 5.84 Å². The first-order chi connectivity index (χ1) is 9.04. The molecule has 100 valence electrons. The van der Waals surface area contributed by atoms with Crippen LogP contribution in [0.2, 0.25) is 0 Å². The first kappa shape index (κ1) is 13.6. The Morgan fingerprint density at radius 3 is 2.53 bits per heavy atom. The van der Waals surface area contributed by atoms with E-state index >= 15 is 0 Å². The number of benzene rings is 1. The van der Waals surface area contributed by atoms with E-state index < -0.39 is 17.7 Å². The van der Waals surface area contributed by atoms with Gasteiger partial charge in [0.2, 0.25) is 0 Å². The largest absolute Gasteiger partial charge is 0.271 e. The Morgan fingerprint density at radius 1 is 1.16 bits per heavy atom. The van der Waals surface area contributed by atoms with Crippen LogP contribution in [0.25, 0.3) is 0 Å². The SMILES string of the molecule is Cc1cncc(C(NN)c2ccc(C)c(F)c2F)c1. The van der Waals surface area contributed by atoms with Crippen molar-refractivity contribution >= 4 is 0 Å². The van der Waals surface area contributed by atoms with Crippen molar-refractivity contribution in [1.29, 1.82) is 0 Å². The monoisotopic (exact) mass is 263 g/mol. The van der Waals surface area contributed by atoms with Gasteiger partial charge in [0.15, 0.2) is 11.6 Å². The molecule has 1 aromatic heterocycles. The van der Waals surface area contributed by atoms with Crippen molar-refractivity contribution in [3.63, 3.8) is 0 Å². The lowest BCUT2D eigenvalue weighted by atomic mass is 9.98. The van der Waals surface area contributed by atoms with E-state index in [1.807, 2.05) is 13.0 Å². The van der Waals surface area contributed by atoms with Crippen LogP contribution in [0.15, 0.2) is 30.6 Å². The Kier molecular flexibility index (Phi) is 3.87. The van der Waals surface area contributed by atoms with Gasteiger partial charge in [0.1, 0.15) is 0 Å². The van der Waals surface area contributed by atoms with Crippen LogP contribution in [-0.2, 0) is 0 Å². The quantitative estimate of drug-likeness (QED) is 0.661. The van der Waals surface area contributed by atoms with E-state index in [1.54, 1.807) is 12.4 Å². The van der Waals surface area contributed by atoms with E-state index in [-0.39, 0.29) is 11.1 Å². The van der Waals surface area contributed by atoms with Gasteiger partial charge in [-0.1, -0.05) is 18.2 Å². The van der Waals surface area contributed by atoms with Gasteiger partial charge in [-0.05, 0) is 30.5 Å². The minimum absolute atomic E-state index is 0.165. The number of aryl methyl sites for hydroxylation is 2. The molecule has 0 fully saturated rings. The van der Waals surface area contributed by atoms with Gasteiger partial charge in [-0.3, -0.25) is 10.8 Å². The zero-order chi connectivity index (χ0) is 14.0. The van der Waals surface area contributed by atoms with E-state index in [0.29, 0.717) is 5.56 Å². The summed E-state index contributed by atoms with van der Waals surface area (Å²) in [6.07, 6.45) is 3.26. The number of rotatable bonds is 3. The average Bonchev–Trinajstić information content (AvgIpc) is 2.40. The lowest BCUT2D eigenvalue weighted by Crippen LogP contribution is -2.30. The molecule has 0 aliphatic heterocycles. The number of nitrogens with two attached hydrogens (primary N) is 1. The van der Waals surface area contributed by atoms with Gasteiger partial charge in [-0.2, -0.15) is 0 Å². The number of aromatic nitrogens is 1. The van der Waals surface area contributed by atoms with Crippen molar-refractivity contribution in [3.05, 3.63) is 64.5 Å². The van der Waals surface area contributed by atoms with Crippen LogP contribution in [0.5, 0.6) is 0 Å². The van der Waals surface area contributed by atoms with Gasteiger partial charge in [0, 0.05) is 18.0 Å². The van der Waals surface area contributed by atoms with Crippen molar-refractivity contribution < 1.29 is 8.78 Å². The molecule has 1 atom stereocenters. The highest BCUT2D eigenvalue weighted by atomic mass is 19.2. The Bertz CT molecular complexity index is 599. The summed E-state index contributed by atoms with van der Waals surface area (Å²) in [4.78, 5) is 4.04. The van der Waals surface area contributed by atoms with Gasteiger partial charge in [-0.15, -0.1) is 0 Å². The summed E-state index contributed by atoms with van der Waals surface area (Å²) in [6, 6.07) is 4.25. The first-order valence-corrected chi connectivity index (χ1v) is 5.86. The lowest BCUT2D eigenvalue weighted by molar-refractivity contribution is 0.478. The Hall–Kier alpha value is -1.85. The topological polar surface area (TPSA) is 50.9 Å². The molecule has 1 heterocycles. The molecular weight excluding hydrogens is 248 g/mol. The maximum Gasteiger partial charge on any atom is 0.164 e. The molecule has 3 nitrogen and oxygen atoms in total. The number of hydrazine groups is 1. The molecule has 0 radical (unpaired) electrons. The second-order valence-corrected chi connectivity index (χ2v) is 4.49. The fourth-order valence-electron chi connectivity index (χ4n) is 1.99. The summed E-state index contributed by atoms with van der Waals surface area (Å²) in [5.41, 5.74) is 4.54. The molecule has 0 aliphatic rings. The van der Waals surface area contributed by atoms with Crippen molar-refractivity contribution in [2.45, 2.75) is 19.9 Å². The van der Waals surface area contributed by atoms with Gasteiger partial charge in [0.05, 0.1) is 6.04 Å². The molecule has 2 aromatic rings. The van der Waals surface area contributed by atoms with Crippen LogP contribution in [0, 0.1) is 25.5 Å². The summed E-state index contributed by atoms with van der Waals surface area (Å²) in [5, 5.41) is 0. The van der Waals surface area contributed by atoms with Crippen molar-refractivity contribution in [3.8, 4) is 0 Å². The highest BCUT2D eigenvalue weighted by Gasteiger charge is 2.20. The number of nitrogens with zero attached hydrogens (tertiary/aromatic N) is 1. The van der Waals surface area contributed by atoms with E-state index in [2.05, 4.69) is 10.4 Å². The molecular formula is C14H15F2N3. The summed E-state index contributed by atoms with van der Waals surface area (Å²) in [6.45, 7) is 3.39. The summed E-state index contributed by atoms with van der Waals surface area (Å²) in [5.74, 6) is 3.74.